The van der Waals surface area contributed by atoms with Crippen LogP contribution in [-0.2, 0) is 91.2 Å². The molecule has 6 rings (SSSR count). The monoisotopic (exact) mass is 1740 g/mol. The zero-order chi connectivity index (χ0) is 90.5. The summed E-state index contributed by atoms with van der Waals surface area (Å²) in [6, 6.07) is -2.01. The van der Waals surface area contributed by atoms with Crippen LogP contribution in [0.3, 0.4) is 0 Å². The maximum Gasteiger partial charge on any atom is 0.245 e. The Morgan fingerprint density at radius 1 is 0.629 bits per heavy atom. The van der Waals surface area contributed by atoms with Gasteiger partial charge in [-0.2, -0.15) is 0 Å². The van der Waals surface area contributed by atoms with Gasteiger partial charge in [0.25, 0.3) is 0 Å². The molecule has 0 unspecified atom stereocenters. The van der Waals surface area contributed by atoms with Crippen LogP contribution in [0.25, 0.3) is 10.9 Å². The third kappa shape index (κ3) is 36.0. The molecule has 0 saturated carbocycles. The Hall–Kier alpha value is -11.8. The number of aliphatic hydroxyl groups is 3. The van der Waals surface area contributed by atoms with Crippen molar-refractivity contribution in [3.8, 4) is 0 Å². The second-order valence-corrected chi connectivity index (χ2v) is 31.5. The normalized spacial score (nSPS) is 19.8. The lowest BCUT2D eigenvalue weighted by Gasteiger charge is -2.31. The topological polar surface area (TPSA) is 675 Å². The fourth-order valence-corrected chi connectivity index (χ4v) is 14.5. The van der Waals surface area contributed by atoms with Crippen LogP contribution >= 0.6 is 0 Å². The Morgan fingerprint density at radius 2 is 1.23 bits per heavy atom. The fraction of sp³-hybridized carbons (Fsp3) is 0.622. The van der Waals surface area contributed by atoms with E-state index in [0.29, 0.717) is 24.0 Å². The molecule has 0 bridgehead atoms. The Bertz CT molecular complexity index is 4140. The van der Waals surface area contributed by atoms with Crippen molar-refractivity contribution in [2.24, 2.45) is 22.9 Å². The Kier molecular flexibility index (Phi) is 44.5. The van der Waals surface area contributed by atoms with Crippen LogP contribution in [0.5, 0.6) is 0 Å². The molecule has 2 aliphatic rings. The summed E-state index contributed by atoms with van der Waals surface area (Å²) in [7, 11) is 0. The smallest absolute Gasteiger partial charge is 0.245 e. The van der Waals surface area contributed by atoms with Gasteiger partial charge in [-0.3, -0.25) is 77.3 Å². The highest BCUT2D eigenvalue weighted by atomic mass is 16.3. The van der Waals surface area contributed by atoms with Gasteiger partial charge >= 0.3 is 0 Å². The molecular formula is C82H128N24O18. The maximum absolute atomic E-state index is 15.2. The number of para-hydroxylation sites is 1. The summed E-state index contributed by atoms with van der Waals surface area (Å²) in [5.74, 6) is -13.6. The van der Waals surface area contributed by atoms with Crippen molar-refractivity contribution in [1.29, 1.82) is 5.41 Å². The number of aromatic nitrogens is 5. The highest BCUT2D eigenvalue weighted by Gasteiger charge is 2.44. The van der Waals surface area contributed by atoms with Crippen molar-refractivity contribution in [3.05, 3.63) is 77.7 Å². The molecule has 0 radical (unpaired) electrons. The highest BCUT2D eigenvalue weighted by Crippen LogP contribution is 2.24. The van der Waals surface area contributed by atoms with Crippen LogP contribution < -0.4 is 92.1 Å². The fourth-order valence-electron chi connectivity index (χ4n) is 14.5. The number of tetrazole rings is 1. The molecule has 2 aromatic carbocycles. The Labute approximate surface area is 719 Å². The van der Waals surface area contributed by atoms with Gasteiger partial charge in [0.15, 0.2) is 5.96 Å². The molecule has 42 heteroatoms. The minimum atomic E-state index is -1.90. The van der Waals surface area contributed by atoms with E-state index in [-0.39, 0.29) is 83.3 Å². The van der Waals surface area contributed by atoms with Gasteiger partial charge in [-0.1, -0.05) is 139 Å². The van der Waals surface area contributed by atoms with Crippen molar-refractivity contribution in [2.75, 3.05) is 39.3 Å². The Balaban J connectivity index is 1.11. The molecule has 124 heavy (non-hydrogen) atoms. The van der Waals surface area contributed by atoms with Crippen molar-refractivity contribution in [3.63, 3.8) is 0 Å². The van der Waals surface area contributed by atoms with Crippen LogP contribution in [0.4, 0.5) is 0 Å². The molecular weight excluding hydrogens is 1610 g/mol. The number of nitrogens with one attached hydrogen (secondary N) is 16. The molecule has 2 fully saturated rings. The van der Waals surface area contributed by atoms with Gasteiger partial charge in [0.2, 0.25) is 88.6 Å². The van der Waals surface area contributed by atoms with Crippen molar-refractivity contribution in [2.45, 2.75) is 285 Å². The third-order valence-electron chi connectivity index (χ3n) is 21.5. The number of carbonyl (C=O) groups excluding carboxylic acids is 15. The summed E-state index contributed by atoms with van der Waals surface area (Å²) < 4.78 is 0. The zero-order valence-electron chi connectivity index (χ0n) is 70.8. The van der Waals surface area contributed by atoms with E-state index in [2.05, 4.69) is 94.7 Å². The van der Waals surface area contributed by atoms with Crippen molar-refractivity contribution < 1.29 is 87.2 Å². The van der Waals surface area contributed by atoms with E-state index in [0.717, 1.165) is 73.0 Å². The van der Waals surface area contributed by atoms with Gasteiger partial charge in [-0.25, -0.2) is 5.10 Å². The van der Waals surface area contributed by atoms with Gasteiger partial charge in [0.05, 0.1) is 25.4 Å². The minimum absolute atomic E-state index is 0.0152. The number of benzene rings is 2. The summed E-state index contributed by atoms with van der Waals surface area (Å²) in [6.07, 6.45) is 11.6. The first-order chi connectivity index (χ1) is 59.5. The number of unbranched alkanes of at least 4 members (excludes halogenated alkanes) is 13. The summed E-state index contributed by atoms with van der Waals surface area (Å²) in [6.45, 7) is 0.0619. The lowest BCUT2D eigenvalue weighted by atomic mass is 10.0. The molecule has 13 atom stereocenters. The first kappa shape index (κ1) is 101. The number of aryl methyl sites for hydroxylation is 1. The van der Waals surface area contributed by atoms with Gasteiger partial charge in [-0.15, -0.1) is 5.10 Å². The molecule has 4 heterocycles. The lowest BCUT2D eigenvalue weighted by Crippen LogP contribution is -2.62. The molecule has 4 aromatic rings. The first-order valence-corrected chi connectivity index (χ1v) is 43.0. The average Bonchev–Trinajstić information content (AvgIpc) is 1.62. The first-order valence-electron chi connectivity index (χ1n) is 43.0. The predicted molar refractivity (Wildman–Crippen MR) is 453 cm³/mol. The standard InChI is InChI=1S/C82H128N24O18/c1-3-4-29-56(94-78(121)63(48-107)100-77(120)62(44-83)99-74(117)58(35-37-65(84)110)95-80(123)70(49(2)108)101-69(113)46-91-67(111)34-20-15-13-11-9-7-5-6-8-10-12-14-19-33-66-102-104-105-103-66)72(115)96-59-36-38-68(112)88-39-24-23-31-55(71(85)114)92-76(119)61(42-51-45-90-54-30-22-21-28-53(51)54)97-73(116)57(32-25-40-89-82(86)87)93-75(118)60(41-50-26-17-16-18-27-50)98-79(122)64-43-52(109)47-106(64)81(59)124/h16-18,21-22,26-28,30,45,49,52,55-64,70,90,107-109H,3-15,19-20,23-25,29,31-44,46-48,83H2,1-2H3,(H2,84,110)(H2,85,114)(H,88,112)(H,91,111)(H,92,119)(H,93,118)(H,94,121)(H,95,123)(H,96,115)(H,97,116)(H,98,122)(H,99,117)(H,100,120)(H,101,113)(H4,86,87,89)(H,102,103,104,105)/t49-,52-,55+,56+,57+,58+,59+,60-,61+,62+,63+,64+,70+/m1/s1. The number of rotatable bonds is 47. The van der Waals surface area contributed by atoms with E-state index in [1.807, 2.05) is 12.1 Å². The van der Waals surface area contributed by atoms with E-state index in [1.54, 1.807) is 55.6 Å². The molecule has 15 amide bonds. The van der Waals surface area contributed by atoms with Gasteiger partial charge in [-0.05, 0) is 98.8 Å². The molecule has 2 aromatic heterocycles. The number of aliphatic hydroxyl groups excluding tert-OH is 3. The van der Waals surface area contributed by atoms with Gasteiger partial charge in [0, 0.05) is 88.2 Å². The number of fused-ring (bicyclic) bond motifs is 2. The number of guanidine groups is 1. The van der Waals surface area contributed by atoms with Crippen LogP contribution in [0.15, 0.2) is 60.8 Å². The summed E-state index contributed by atoms with van der Waals surface area (Å²) in [4.78, 5) is 214. The molecule has 2 aliphatic heterocycles. The summed E-state index contributed by atoms with van der Waals surface area (Å²) in [5.41, 5.74) is 24.7. The van der Waals surface area contributed by atoms with Crippen LogP contribution in [-0.4, -0.2) is 258 Å². The number of nitrogens with zero attached hydrogens (tertiary/aromatic N) is 4. The molecule has 684 valence electrons. The minimum Gasteiger partial charge on any atom is -0.394 e. The largest absolute Gasteiger partial charge is 0.394 e. The van der Waals surface area contributed by atoms with Crippen LogP contribution in [0, 0.1) is 5.41 Å². The van der Waals surface area contributed by atoms with E-state index in [9.17, 15) is 82.4 Å². The summed E-state index contributed by atoms with van der Waals surface area (Å²) in [5, 5.41) is 88.0. The van der Waals surface area contributed by atoms with Crippen LogP contribution in [0.1, 0.15) is 204 Å². The Morgan fingerprint density at radius 3 is 1.87 bits per heavy atom. The molecule has 42 nitrogen and oxygen atoms in total. The maximum atomic E-state index is 15.2. The molecule has 0 aliphatic carbocycles. The van der Waals surface area contributed by atoms with Crippen LogP contribution in [0.2, 0.25) is 0 Å². The van der Waals surface area contributed by atoms with Crippen molar-refractivity contribution in [1.82, 2.24) is 99.6 Å². The number of carbonyl (C=O) groups is 15. The second-order valence-electron chi connectivity index (χ2n) is 31.5. The van der Waals surface area contributed by atoms with E-state index >= 15 is 4.79 Å². The van der Waals surface area contributed by atoms with E-state index in [4.69, 9.17) is 28.3 Å². The van der Waals surface area contributed by atoms with Gasteiger partial charge in [0.1, 0.15) is 72.3 Å². The van der Waals surface area contributed by atoms with Gasteiger partial charge < -0.3 is 117 Å². The number of hydrogen-bond acceptors (Lipinski definition) is 23. The zero-order valence-corrected chi connectivity index (χ0v) is 70.8. The SMILES string of the molecule is CCCC[C@H](NC(=O)[C@H](CO)NC(=O)[C@H](CN)NC(=O)[C@H](CCC(N)=O)NC(=O)[C@@H](NC(=O)CNC(=O)CCCCCCCCCCCCCCCc1nnn[nH]1)[C@@H](C)O)C(=O)N[C@H]1CCC(=O)NCCCC[C@@H](C(N)=O)NC(=O)[C@H](Cc2c[nH]c3ccccc23)NC(=O)[C@H](CCCNC(=N)N)NC(=O)[C@@H](Cc2ccccc2)NC(=O)[C@@H]2C[C@@H](O)CN2C1=O. The molecule has 27 N–H and O–H groups in total. The second kappa shape index (κ2) is 54.7. The number of aromatic amines is 2. The van der Waals surface area contributed by atoms with E-state index < -0.39 is 226 Å². The predicted octanol–water partition coefficient (Wildman–Crippen LogP) is -3.29. The third-order valence-corrected chi connectivity index (χ3v) is 21.5. The van der Waals surface area contributed by atoms with Crippen molar-refractivity contribution >= 4 is 105 Å². The number of amides is 15. The highest BCUT2D eigenvalue weighted by molar-refractivity contribution is 6.00. The summed E-state index contributed by atoms with van der Waals surface area (Å²) >= 11 is 0. The number of H-pyrrole nitrogens is 2. The quantitative estimate of drug-likeness (QED) is 0.0117. The van der Waals surface area contributed by atoms with E-state index in [1.165, 1.54) is 39.0 Å². The lowest BCUT2D eigenvalue weighted by molar-refractivity contribution is -0.143. The number of hydrogen-bond donors (Lipinski definition) is 23. The number of nitrogens with two attached hydrogens (primary N) is 4. The average molecular weight is 1740 g/mol. The number of primary amides is 2. The molecule has 0 spiro atoms. The molecule has 2 saturated heterocycles.